The second-order valence-corrected chi connectivity index (χ2v) is 5.25. The Morgan fingerprint density at radius 3 is 2.95 bits per heavy atom. The minimum Gasteiger partial charge on any atom is -0.473 e. The van der Waals surface area contributed by atoms with Gasteiger partial charge in [0, 0.05) is 42.5 Å². The number of hydrogen-bond donors (Lipinski definition) is 1. The van der Waals surface area contributed by atoms with Crippen LogP contribution >= 0.6 is 0 Å². The third kappa shape index (κ3) is 4.34. The lowest BCUT2D eigenvalue weighted by atomic mass is 10.1. The Bertz CT molecular complexity index is 530. The van der Waals surface area contributed by atoms with Crippen molar-refractivity contribution in [1.29, 1.82) is 0 Å². The summed E-state index contributed by atoms with van der Waals surface area (Å²) in [5, 5.41) is 0. The highest BCUT2D eigenvalue weighted by atomic mass is 19.1. The van der Waals surface area contributed by atoms with Crippen molar-refractivity contribution in [1.82, 2.24) is 9.88 Å². The van der Waals surface area contributed by atoms with Crippen molar-refractivity contribution in [2.75, 3.05) is 20.2 Å². The van der Waals surface area contributed by atoms with E-state index in [0.29, 0.717) is 35.9 Å². The number of ether oxygens (including phenoxy) is 1. The van der Waals surface area contributed by atoms with Crippen LogP contribution in [0.1, 0.15) is 28.8 Å². The summed E-state index contributed by atoms with van der Waals surface area (Å²) < 4.78 is 17.8. The zero-order valence-electron chi connectivity index (χ0n) is 12.1. The minimum absolute atomic E-state index is 0.0539. The van der Waals surface area contributed by atoms with Crippen molar-refractivity contribution >= 4 is 6.29 Å². The molecule has 0 radical (unpaired) electrons. The van der Waals surface area contributed by atoms with Gasteiger partial charge in [-0.25, -0.2) is 9.37 Å². The quantitative estimate of drug-likeness (QED) is 0.739. The molecular weight excluding hydrogens is 273 g/mol. The first-order chi connectivity index (χ1) is 10.2. The minimum atomic E-state index is 0.0539. The zero-order valence-corrected chi connectivity index (χ0v) is 12.1. The van der Waals surface area contributed by atoms with Crippen LogP contribution in [-0.4, -0.2) is 42.4 Å². The zero-order chi connectivity index (χ0) is 15.2. The van der Waals surface area contributed by atoms with E-state index in [0.717, 1.165) is 11.8 Å². The fraction of sp³-hybridized carbons (Fsp3) is 0.467. The van der Waals surface area contributed by atoms with E-state index in [2.05, 4.69) is 9.88 Å². The monoisotopic (exact) mass is 293 g/mol. The molecule has 1 fully saturated rings. The largest absolute Gasteiger partial charge is 0.473 e. The maximum Gasteiger partial charge on any atom is 0.213 e. The molecule has 1 heterocycles. The Morgan fingerprint density at radius 2 is 2.38 bits per heavy atom. The molecule has 2 rings (SSSR count). The van der Waals surface area contributed by atoms with E-state index < -0.39 is 0 Å². The summed E-state index contributed by atoms with van der Waals surface area (Å²) in [5.74, 6) is 0.368. The summed E-state index contributed by atoms with van der Waals surface area (Å²) in [6.07, 6.45) is 5.12. The molecular formula is C15H20FN3O2. The fourth-order valence-electron chi connectivity index (χ4n) is 2.02. The van der Waals surface area contributed by atoms with Crippen molar-refractivity contribution < 1.29 is 13.9 Å². The van der Waals surface area contributed by atoms with E-state index in [1.807, 2.05) is 7.05 Å². The lowest BCUT2D eigenvalue weighted by Gasteiger charge is -2.17. The molecule has 6 heteroatoms. The maximum absolute atomic E-state index is 12.4. The average molecular weight is 293 g/mol. The van der Waals surface area contributed by atoms with Crippen LogP contribution in [0.25, 0.3) is 0 Å². The highest BCUT2D eigenvalue weighted by Crippen LogP contribution is 2.27. The fourth-order valence-corrected chi connectivity index (χ4v) is 2.02. The maximum atomic E-state index is 12.4. The third-order valence-electron chi connectivity index (χ3n) is 3.54. The van der Waals surface area contributed by atoms with Gasteiger partial charge in [-0.1, -0.05) is 0 Å². The van der Waals surface area contributed by atoms with Crippen molar-refractivity contribution in [2.24, 2.45) is 5.73 Å². The lowest BCUT2D eigenvalue weighted by molar-refractivity contribution is 0.112. The third-order valence-corrected chi connectivity index (χ3v) is 3.54. The van der Waals surface area contributed by atoms with E-state index >= 15 is 0 Å². The highest BCUT2D eigenvalue weighted by Gasteiger charge is 2.26. The molecule has 1 aromatic rings. The first-order valence-corrected chi connectivity index (χ1v) is 6.93. The molecule has 21 heavy (non-hydrogen) atoms. The molecule has 1 aliphatic carbocycles. The van der Waals surface area contributed by atoms with E-state index in [9.17, 15) is 9.18 Å². The summed E-state index contributed by atoms with van der Waals surface area (Å²) in [4.78, 5) is 17.4. The first kappa shape index (κ1) is 15.6. The van der Waals surface area contributed by atoms with Crippen LogP contribution in [0.2, 0.25) is 0 Å². The van der Waals surface area contributed by atoms with Crippen LogP contribution in [0.15, 0.2) is 24.2 Å². The molecule has 0 unspecified atom stereocenters. The number of aromatic nitrogens is 1. The van der Waals surface area contributed by atoms with Gasteiger partial charge >= 0.3 is 0 Å². The number of pyridine rings is 1. The van der Waals surface area contributed by atoms with Gasteiger partial charge in [-0.2, -0.15) is 0 Å². The van der Waals surface area contributed by atoms with Crippen molar-refractivity contribution in [2.45, 2.75) is 25.4 Å². The number of nitrogens with two attached hydrogens (primary N) is 1. The molecule has 0 spiro atoms. The Kier molecular flexibility index (Phi) is 5.41. The van der Waals surface area contributed by atoms with Crippen LogP contribution in [0.5, 0.6) is 5.88 Å². The predicted molar refractivity (Wildman–Crippen MR) is 77.9 cm³/mol. The van der Waals surface area contributed by atoms with Gasteiger partial charge in [0.15, 0.2) is 6.29 Å². The van der Waals surface area contributed by atoms with Gasteiger partial charge in [-0.05, 0) is 25.5 Å². The van der Waals surface area contributed by atoms with E-state index in [-0.39, 0.29) is 13.2 Å². The molecule has 2 N–H and O–H groups in total. The van der Waals surface area contributed by atoms with Crippen molar-refractivity contribution in [3.05, 3.63) is 35.3 Å². The number of nitrogens with zero attached hydrogens (tertiary/aromatic N) is 2. The Labute approximate surface area is 123 Å². The lowest BCUT2D eigenvalue weighted by Crippen LogP contribution is -2.21. The number of carbonyl (C=O) groups is 1. The Morgan fingerprint density at radius 1 is 1.62 bits per heavy atom. The summed E-state index contributed by atoms with van der Waals surface area (Å²) in [6, 6.07) is 2.33. The Balaban J connectivity index is 2.07. The Hall–Kier alpha value is -1.79. The molecule has 0 atom stereocenters. The number of halogens is 1. The molecule has 1 aliphatic rings. The molecule has 0 aliphatic heterocycles. The average Bonchev–Trinajstić information content (AvgIpc) is 3.33. The van der Waals surface area contributed by atoms with Crippen LogP contribution in [0.4, 0.5) is 4.39 Å². The normalized spacial score (nSPS) is 15.3. The highest BCUT2D eigenvalue weighted by molar-refractivity contribution is 5.76. The molecule has 114 valence electrons. The van der Waals surface area contributed by atoms with E-state index in [4.69, 9.17) is 10.5 Å². The van der Waals surface area contributed by atoms with Crippen LogP contribution < -0.4 is 10.5 Å². The molecule has 0 bridgehead atoms. The van der Waals surface area contributed by atoms with Gasteiger partial charge in [0.05, 0.1) is 6.33 Å². The molecule has 5 nitrogen and oxygen atoms in total. The van der Waals surface area contributed by atoms with Gasteiger partial charge in [-0.3, -0.25) is 9.69 Å². The van der Waals surface area contributed by atoms with Gasteiger partial charge in [0.1, 0.15) is 6.61 Å². The number of carbonyl (C=O) groups excluding carboxylic acids is 1. The molecule has 0 saturated heterocycles. The molecule has 0 aromatic carbocycles. The van der Waals surface area contributed by atoms with Crippen LogP contribution in [-0.2, 0) is 6.54 Å². The molecule has 1 saturated carbocycles. The number of aldehydes is 1. The van der Waals surface area contributed by atoms with Gasteiger partial charge in [-0.15, -0.1) is 0 Å². The standard InChI is InChI=1S/C15H20FN3O2/c1-19(14-2-3-14)8-12-4-15(18-7-13(12)9-20)21-10-11(5-16)6-17/h4-5,7,9,14H,2-3,6,8,10,17H2,1H3/b11-5-. The smallest absolute Gasteiger partial charge is 0.213 e. The number of hydrogen-bond acceptors (Lipinski definition) is 5. The second-order valence-electron chi connectivity index (χ2n) is 5.25. The first-order valence-electron chi connectivity index (χ1n) is 6.93. The summed E-state index contributed by atoms with van der Waals surface area (Å²) in [6.45, 7) is 0.818. The topological polar surface area (TPSA) is 68.5 Å². The van der Waals surface area contributed by atoms with Gasteiger partial charge in [0.25, 0.3) is 0 Å². The molecule has 0 amide bonds. The predicted octanol–water partition coefficient (Wildman–Crippen LogP) is 1.68. The summed E-state index contributed by atoms with van der Waals surface area (Å²) >= 11 is 0. The van der Waals surface area contributed by atoms with E-state index in [1.165, 1.54) is 19.0 Å². The van der Waals surface area contributed by atoms with Gasteiger partial charge < -0.3 is 10.5 Å². The number of rotatable bonds is 8. The second kappa shape index (κ2) is 7.28. The van der Waals surface area contributed by atoms with Crippen LogP contribution in [0, 0.1) is 0 Å². The summed E-state index contributed by atoms with van der Waals surface area (Å²) in [7, 11) is 2.03. The molecule has 1 aromatic heterocycles. The summed E-state index contributed by atoms with van der Waals surface area (Å²) in [5.41, 5.74) is 7.14. The van der Waals surface area contributed by atoms with Gasteiger partial charge in [0.2, 0.25) is 5.88 Å². The van der Waals surface area contributed by atoms with E-state index in [1.54, 1.807) is 6.07 Å². The van der Waals surface area contributed by atoms with Crippen LogP contribution in [0.3, 0.4) is 0 Å². The van der Waals surface area contributed by atoms with Crippen molar-refractivity contribution in [3.63, 3.8) is 0 Å². The SMILES string of the molecule is CN(Cc1cc(OC/C(=C\F)CN)ncc1C=O)C1CC1. The van der Waals surface area contributed by atoms with Crippen molar-refractivity contribution in [3.8, 4) is 5.88 Å².